The van der Waals surface area contributed by atoms with Crippen molar-refractivity contribution < 1.29 is 9.18 Å². The summed E-state index contributed by atoms with van der Waals surface area (Å²) in [6.07, 6.45) is 3.45. The third-order valence-electron chi connectivity index (χ3n) is 2.31. The van der Waals surface area contributed by atoms with Crippen LogP contribution in [0.25, 0.3) is 0 Å². The molecular formula is C12H12FN3O. The van der Waals surface area contributed by atoms with E-state index < -0.39 is 0 Å². The lowest BCUT2D eigenvalue weighted by molar-refractivity contribution is -0.120. The van der Waals surface area contributed by atoms with E-state index in [2.05, 4.69) is 15.3 Å². The fourth-order valence-corrected chi connectivity index (χ4v) is 1.43. The average molecular weight is 233 g/mol. The van der Waals surface area contributed by atoms with Gasteiger partial charge in [-0.15, -0.1) is 0 Å². The number of amides is 1. The van der Waals surface area contributed by atoms with Gasteiger partial charge in [-0.2, -0.15) is 0 Å². The molecule has 0 saturated heterocycles. The molecule has 0 atom stereocenters. The number of aromatic nitrogens is 2. The molecule has 1 aromatic carbocycles. The van der Waals surface area contributed by atoms with Crippen molar-refractivity contribution >= 4 is 5.91 Å². The number of H-pyrrole nitrogens is 1. The summed E-state index contributed by atoms with van der Waals surface area (Å²) in [5.74, 6) is -0.405. The van der Waals surface area contributed by atoms with Gasteiger partial charge in [0.1, 0.15) is 5.82 Å². The molecule has 2 N–H and O–H groups in total. The minimum Gasteiger partial charge on any atom is -0.350 e. The number of aromatic amines is 1. The van der Waals surface area contributed by atoms with Crippen LogP contribution < -0.4 is 5.32 Å². The fraction of sp³-hybridized carbons (Fsp3) is 0.167. The molecule has 0 bridgehead atoms. The molecule has 2 aromatic rings. The summed E-state index contributed by atoms with van der Waals surface area (Å²) in [7, 11) is 0. The number of carbonyl (C=O) groups excluding carboxylic acids is 1. The maximum atomic E-state index is 12.6. The maximum absolute atomic E-state index is 12.6. The third-order valence-corrected chi connectivity index (χ3v) is 2.31. The van der Waals surface area contributed by atoms with Crippen molar-refractivity contribution in [1.82, 2.24) is 15.3 Å². The predicted molar refractivity (Wildman–Crippen MR) is 60.5 cm³/mol. The summed E-state index contributed by atoms with van der Waals surface area (Å²) < 4.78 is 12.6. The molecule has 0 aliphatic heterocycles. The van der Waals surface area contributed by atoms with Crippen LogP contribution in [0.5, 0.6) is 0 Å². The molecule has 1 heterocycles. The first-order valence-electron chi connectivity index (χ1n) is 5.22. The van der Waals surface area contributed by atoms with Gasteiger partial charge < -0.3 is 10.3 Å². The summed E-state index contributed by atoms with van der Waals surface area (Å²) >= 11 is 0. The van der Waals surface area contributed by atoms with Crippen molar-refractivity contribution in [3.8, 4) is 0 Å². The van der Waals surface area contributed by atoms with Crippen molar-refractivity contribution in [2.45, 2.75) is 13.0 Å². The first kappa shape index (κ1) is 11.3. The van der Waals surface area contributed by atoms with Gasteiger partial charge in [-0.25, -0.2) is 9.37 Å². The Morgan fingerprint density at radius 1 is 1.35 bits per heavy atom. The smallest absolute Gasteiger partial charge is 0.224 e. The highest BCUT2D eigenvalue weighted by atomic mass is 19.1. The fourth-order valence-electron chi connectivity index (χ4n) is 1.43. The van der Waals surface area contributed by atoms with Gasteiger partial charge in [-0.3, -0.25) is 4.79 Å². The highest BCUT2D eigenvalue weighted by molar-refractivity contribution is 5.78. The van der Waals surface area contributed by atoms with Crippen LogP contribution in [0.1, 0.15) is 11.3 Å². The molecule has 1 amide bonds. The van der Waals surface area contributed by atoms with E-state index >= 15 is 0 Å². The molecule has 2 rings (SSSR count). The monoisotopic (exact) mass is 233 g/mol. The molecule has 0 aliphatic carbocycles. The number of halogens is 1. The number of rotatable bonds is 4. The second-order valence-electron chi connectivity index (χ2n) is 3.66. The average Bonchev–Trinajstić information content (AvgIpc) is 2.83. The molecule has 0 radical (unpaired) electrons. The van der Waals surface area contributed by atoms with Crippen molar-refractivity contribution in [3.05, 3.63) is 53.9 Å². The summed E-state index contributed by atoms with van der Waals surface area (Å²) in [6.45, 7) is 0.417. The molecule has 0 saturated carbocycles. The second-order valence-corrected chi connectivity index (χ2v) is 3.66. The standard InChI is InChI=1S/C12H12FN3O/c13-10-3-1-9(2-4-10)5-12(17)15-7-11-6-14-8-16-11/h1-4,6,8H,5,7H2,(H,14,16)(H,15,17). The third kappa shape index (κ3) is 3.41. The van der Waals surface area contributed by atoms with Crippen LogP contribution in [0.2, 0.25) is 0 Å². The molecular weight excluding hydrogens is 221 g/mol. The lowest BCUT2D eigenvalue weighted by Gasteiger charge is -2.03. The van der Waals surface area contributed by atoms with E-state index in [1.165, 1.54) is 12.1 Å². The number of hydrogen-bond donors (Lipinski definition) is 2. The second kappa shape index (κ2) is 5.25. The minimum atomic E-state index is -0.299. The number of nitrogens with zero attached hydrogens (tertiary/aromatic N) is 1. The number of nitrogens with one attached hydrogen (secondary N) is 2. The number of imidazole rings is 1. The zero-order valence-corrected chi connectivity index (χ0v) is 9.11. The van der Waals surface area contributed by atoms with Crippen LogP contribution in [-0.4, -0.2) is 15.9 Å². The molecule has 0 unspecified atom stereocenters. The van der Waals surface area contributed by atoms with Crippen molar-refractivity contribution in [3.63, 3.8) is 0 Å². The molecule has 17 heavy (non-hydrogen) atoms. The zero-order valence-electron chi connectivity index (χ0n) is 9.11. The Bertz CT molecular complexity index is 479. The van der Waals surface area contributed by atoms with Crippen molar-refractivity contribution in [2.75, 3.05) is 0 Å². The van der Waals surface area contributed by atoms with Gasteiger partial charge in [0.2, 0.25) is 5.91 Å². The SMILES string of the molecule is O=C(Cc1ccc(F)cc1)NCc1cnc[nH]1. The first-order valence-corrected chi connectivity index (χ1v) is 5.22. The van der Waals surface area contributed by atoms with Crippen LogP contribution in [0.15, 0.2) is 36.8 Å². The lowest BCUT2D eigenvalue weighted by Crippen LogP contribution is -2.24. The number of benzene rings is 1. The normalized spacial score (nSPS) is 10.2. The molecule has 0 aliphatic rings. The van der Waals surface area contributed by atoms with Crippen molar-refractivity contribution in [1.29, 1.82) is 0 Å². The molecule has 4 nitrogen and oxygen atoms in total. The van der Waals surface area contributed by atoms with E-state index in [0.29, 0.717) is 6.54 Å². The topological polar surface area (TPSA) is 57.8 Å². The van der Waals surface area contributed by atoms with Gasteiger partial charge in [0.25, 0.3) is 0 Å². The van der Waals surface area contributed by atoms with E-state index in [1.807, 2.05) is 0 Å². The molecule has 88 valence electrons. The Hall–Kier alpha value is -2.17. The van der Waals surface area contributed by atoms with E-state index in [1.54, 1.807) is 24.7 Å². The quantitative estimate of drug-likeness (QED) is 0.838. The Morgan fingerprint density at radius 2 is 2.12 bits per heavy atom. The highest BCUT2D eigenvalue weighted by Crippen LogP contribution is 2.03. The van der Waals surface area contributed by atoms with Crippen LogP contribution in [0.4, 0.5) is 4.39 Å². The van der Waals surface area contributed by atoms with E-state index in [4.69, 9.17) is 0 Å². The van der Waals surface area contributed by atoms with Crippen molar-refractivity contribution in [2.24, 2.45) is 0 Å². The molecule has 5 heteroatoms. The van der Waals surface area contributed by atoms with Gasteiger partial charge in [0.05, 0.1) is 25.0 Å². The molecule has 1 aromatic heterocycles. The van der Waals surface area contributed by atoms with Crippen LogP contribution in [-0.2, 0) is 17.8 Å². The molecule has 0 fully saturated rings. The van der Waals surface area contributed by atoms with Crippen LogP contribution >= 0.6 is 0 Å². The maximum Gasteiger partial charge on any atom is 0.224 e. The van der Waals surface area contributed by atoms with Crippen LogP contribution in [0, 0.1) is 5.82 Å². The Labute approximate surface area is 97.9 Å². The van der Waals surface area contributed by atoms with Gasteiger partial charge in [0, 0.05) is 6.20 Å². The lowest BCUT2D eigenvalue weighted by atomic mass is 10.1. The summed E-state index contributed by atoms with van der Waals surface area (Å²) in [6, 6.07) is 5.89. The summed E-state index contributed by atoms with van der Waals surface area (Å²) in [5, 5.41) is 2.74. The number of hydrogen-bond acceptors (Lipinski definition) is 2. The Kier molecular flexibility index (Phi) is 3.49. The van der Waals surface area contributed by atoms with Gasteiger partial charge in [-0.1, -0.05) is 12.1 Å². The summed E-state index contributed by atoms with van der Waals surface area (Å²) in [5.41, 5.74) is 1.63. The van der Waals surface area contributed by atoms with Gasteiger partial charge >= 0.3 is 0 Å². The van der Waals surface area contributed by atoms with Gasteiger partial charge in [0.15, 0.2) is 0 Å². The highest BCUT2D eigenvalue weighted by Gasteiger charge is 2.03. The van der Waals surface area contributed by atoms with E-state index in [0.717, 1.165) is 11.3 Å². The van der Waals surface area contributed by atoms with E-state index in [-0.39, 0.29) is 18.1 Å². The first-order chi connectivity index (χ1) is 8.24. The zero-order chi connectivity index (χ0) is 12.1. The Morgan fingerprint density at radius 3 is 2.76 bits per heavy atom. The van der Waals surface area contributed by atoms with Gasteiger partial charge in [-0.05, 0) is 17.7 Å². The summed E-state index contributed by atoms with van der Waals surface area (Å²) in [4.78, 5) is 18.3. The molecule has 0 spiro atoms. The van der Waals surface area contributed by atoms with Crippen LogP contribution in [0.3, 0.4) is 0 Å². The largest absolute Gasteiger partial charge is 0.350 e. The van der Waals surface area contributed by atoms with E-state index in [9.17, 15) is 9.18 Å². The predicted octanol–water partition coefficient (Wildman–Crippen LogP) is 1.41. The minimum absolute atomic E-state index is 0.105. The Balaban J connectivity index is 1.83. The number of carbonyl (C=O) groups is 1.